The number of ketones is 1. The third-order valence-electron chi connectivity index (χ3n) is 3.45. The molecule has 0 saturated heterocycles. The van der Waals surface area contributed by atoms with Gasteiger partial charge in [0.25, 0.3) is 0 Å². The van der Waals surface area contributed by atoms with Crippen molar-refractivity contribution in [1.29, 1.82) is 0 Å². The van der Waals surface area contributed by atoms with Gasteiger partial charge < -0.3 is 4.90 Å². The number of halogens is 1. The Hall–Kier alpha value is -1.61. The van der Waals surface area contributed by atoms with Gasteiger partial charge in [0.15, 0.2) is 5.78 Å². The molecule has 2 aromatic carbocycles. The monoisotopic (exact) mass is 331 g/mol. The molecule has 0 radical (unpaired) electrons. The minimum atomic E-state index is 0.0761. The van der Waals surface area contributed by atoms with Crippen LogP contribution in [-0.4, -0.2) is 12.8 Å². The molecule has 2 nitrogen and oxygen atoms in total. The number of Topliss-reactive ketones (excluding diaryl/α,β-unsaturated/α-hetero) is 1. The van der Waals surface area contributed by atoms with Gasteiger partial charge in [-0.05, 0) is 65.2 Å². The molecule has 20 heavy (non-hydrogen) atoms. The smallest absolute Gasteiger partial charge is 0.159 e. The van der Waals surface area contributed by atoms with E-state index in [2.05, 4.69) is 52.0 Å². The zero-order valence-electron chi connectivity index (χ0n) is 12.0. The predicted octanol–water partition coefficient (Wildman–Crippen LogP) is 4.98. The van der Waals surface area contributed by atoms with Crippen LogP contribution in [0.3, 0.4) is 0 Å². The van der Waals surface area contributed by atoms with Crippen LogP contribution < -0.4 is 4.90 Å². The van der Waals surface area contributed by atoms with Gasteiger partial charge in [-0.25, -0.2) is 0 Å². The van der Waals surface area contributed by atoms with Crippen molar-refractivity contribution >= 4 is 33.1 Å². The summed E-state index contributed by atoms with van der Waals surface area (Å²) in [5.74, 6) is 0.0761. The highest BCUT2D eigenvalue weighted by molar-refractivity contribution is 9.10. The molecule has 0 aliphatic heterocycles. The highest BCUT2D eigenvalue weighted by Crippen LogP contribution is 2.31. The average molecular weight is 332 g/mol. The van der Waals surface area contributed by atoms with E-state index in [0.29, 0.717) is 0 Å². The Morgan fingerprint density at radius 2 is 1.80 bits per heavy atom. The van der Waals surface area contributed by atoms with Crippen LogP contribution in [0.4, 0.5) is 11.4 Å². The molecule has 2 aromatic rings. The summed E-state index contributed by atoms with van der Waals surface area (Å²) >= 11 is 3.55. The van der Waals surface area contributed by atoms with Crippen molar-refractivity contribution in [3.05, 3.63) is 58.1 Å². The molecule has 0 heterocycles. The Bertz CT molecular complexity index is 619. The van der Waals surface area contributed by atoms with Gasteiger partial charge in [-0.15, -0.1) is 0 Å². The van der Waals surface area contributed by atoms with Crippen LogP contribution in [-0.2, 0) is 6.42 Å². The lowest BCUT2D eigenvalue weighted by atomic mass is 10.1. The van der Waals surface area contributed by atoms with E-state index in [0.717, 1.165) is 27.8 Å². The topological polar surface area (TPSA) is 20.3 Å². The predicted molar refractivity (Wildman–Crippen MR) is 88.0 cm³/mol. The average Bonchev–Trinajstić information content (AvgIpc) is 2.46. The van der Waals surface area contributed by atoms with Crippen molar-refractivity contribution in [2.45, 2.75) is 20.3 Å². The Balaban J connectivity index is 2.32. The molecule has 0 aliphatic carbocycles. The second-order valence-electron chi connectivity index (χ2n) is 4.80. The van der Waals surface area contributed by atoms with Gasteiger partial charge in [0.05, 0.1) is 5.69 Å². The van der Waals surface area contributed by atoms with Gasteiger partial charge in [-0.1, -0.05) is 19.1 Å². The lowest BCUT2D eigenvalue weighted by Gasteiger charge is -2.21. The number of aryl methyl sites for hydroxylation is 1. The summed E-state index contributed by atoms with van der Waals surface area (Å²) in [6.07, 6.45) is 1.04. The van der Waals surface area contributed by atoms with Crippen molar-refractivity contribution in [1.82, 2.24) is 0 Å². The third kappa shape index (κ3) is 3.10. The zero-order chi connectivity index (χ0) is 14.7. The molecule has 0 unspecified atom stereocenters. The second kappa shape index (κ2) is 6.23. The van der Waals surface area contributed by atoms with Crippen LogP contribution in [0.15, 0.2) is 46.9 Å². The van der Waals surface area contributed by atoms with Gasteiger partial charge in [0.1, 0.15) is 0 Å². The molecule has 0 aliphatic rings. The van der Waals surface area contributed by atoms with Gasteiger partial charge >= 0.3 is 0 Å². The van der Waals surface area contributed by atoms with E-state index in [-0.39, 0.29) is 5.78 Å². The van der Waals surface area contributed by atoms with Crippen LogP contribution in [0.25, 0.3) is 0 Å². The Kier molecular flexibility index (Phi) is 4.61. The fourth-order valence-electron chi connectivity index (χ4n) is 2.09. The molecule has 104 valence electrons. The molecule has 0 bridgehead atoms. The van der Waals surface area contributed by atoms with E-state index < -0.39 is 0 Å². The number of nitrogens with zero attached hydrogens (tertiary/aromatic N) is 1. The fraction of sp³-hybridized carbons (Fsp3) is 0.235. The van der Waals surface area contributed by atoms with Gasteiger partial charge in [0, 0.05) is 22.8 Å². The number of hydrogen-bond donors (Lipinski definition) is 0. The van der Waals surface area contributed by atoms with Gasteiger partial charge in [-0.3, -0.25) is 4.79 Å². The van der Waals surface area contributed by atoms with Gasteiger partial charge in [0.2, 0.25) is 0 Å². The molecule has 0 saturated carbocycles. The van der Waals surface area contributed by atoms with Crippen molar-refractivity contribution in [3.63, 3.8) is 0 Å². The summed E-state index contributed by atoms with van der Waals surface area (Å²) in [6.45, 7) is 3.73. The number of carbonyl (C=O) groups is 1. The first-order valence-electron chi connectivity index (χ1n) is 6.66. The molecule has 0 N–H and O–H groups in total. The minimum Gasteiger partial charge on any atom is -0.344 e. The van der Waals surface area contributed by atoms with E-state index in [1.807, 2.05) is 25.2 Å². The molecule has 0 aromatic heterocycles. The van der Waals surface area contributed by atoms with Crippen molar-refractivity contribution < 1.29 is 4.79 Å². The number of carbonyl (C=O) groups excluding carboxylic acids is 1. The van der Waals surface area contributed by atoms with Crippen molar-refractivity contribution in [2.24, 2.45) is 0 Å². The van der Waals surface area contributed by atoms with E-state index in [1.54, 1.807) is 6.92 Å². The van der Waals surface area contributed by atoms with E-state index in [1.165, 1.54) is 5.56 Å². The summed E-state index contributed by atoms with van der Waals surface area (Å²) in [6, 6.07) is 14.2. The highest BCUT2D eigenvalue weighted by Gasteiger charge is 2.10. The first-order chi connectivity index (χ1) is 9.52. The largest absolute Gasteiger partial charge is 0.344 e. The van der Waals surface area contributed by atoms with E-state index in [9.17, 15) is 4.79 Å². The van der Waals surface area contributed by atoms with Crippen molar-refractivity contribution in [3.8, 4) is 0 Å². The summed E-state index contributed by atoms with van der Waals surface area (Å²) in [7, 11) is 2.02. The molecule has 3 heteroatoms. The molecule has 0 fully saturated rings. The third-order valence-corrected chi connectivity index (χ3v) is 4.08. The SMILES string of the molecule is CCc1ccc(N(C)c2ccc(C(C)=O)cc2Br)cc1. The van der Waals surface area contributed by atoms with Crippen molar-refractivity contribution in [2.75, 3.05) is 11.9 Å². The lowest BCUT2D eigenvalue weighted by Crippen LogP contribution is -2.10. The quantitative estimate of drug-likeness (QED) is 0.736. The minimum absolute atomic E-state index is 0.0761. The highest BCUT2D eigenvalue weighted by atomic mass is 79.9. The molecular weight excluding hydrogens is 314 g/mol. The second-order valence-corrected chi connectivity index (χ2v) is 5.66. The molecule has 0 amide bonds. The molecule has 0 atom stereocenters. The fourth-order valence-corrected chi connectivity index (χ4v) is 2.74. The van der Waals surface area contributed by atoms with Crippen LogP contribution in [0.5, 0.6) is 0 Å². The Labute approximate surface area is 128 Å². The maximum atomic E-state index is 11.4. The van der Waals surface area contributed by atoms with E-state index >= 15 is 0 Å². The van der Waals surface area contributed by atoms with Gasteiger partial charge in [-0.2, -0.15) is 0 Å². The van der Waals surface area contributed by atoms with E-state index in [4.69, 9.17) is 0 Å². The molecule has 0 spiro atoms. The van der Waals surface area contributed by atoms with Crippen LogP contribution >= 0.6 is 15.9 Å². The summed E-state index contributed by atoms with van der Waals surface area (Å²) in [4.78, 5) is 13.5. The number of anilines is 2. The van der Waals surface area contributed by atoms with Crippen LogP contribution in [0.1, 0.15) is 29.8 Å². The van der Waals surface area contributed by atoms with Crippen LogP contribution in [0, 0.1) is 0 Å². The maximum Gasteiger partial charge on any atom is 0.159 e. The number of hydrogen-bond acceptors (Lipinski definition) is 2. The Morgan fingerprint density at radius 1 is 1.15 bits per heavy atom. The Morgan fingerprint density at radius 3 is 2.30 bits per heavy atom. The standard InChI is InChI=1S/C17H18BrNO/c1-4-13-5-8-15(9-6-13)19(3)17-10-7-14(12(2)20)11-16(17)18/h5-11H,4H2,1-3H3. The molecule has 2 rings (SSSR count). The van der Waals surface area contributed by atoms with Crippen LogP contribution in [0.2, 0.25) is 0 Å². The maximum absolute atomic E-state index is 11.4. The summed E-state index contributed by atoms with van der Waals surface area (Å²) in [5.41, 5.74) is 4.21. The molecular formula is C17H18BrNO. The first-order valence-corrected chi connectivity index (χ1v) is 7.45. The zero-order valence-corrected chi connectivity index (χ0v) is 13.6. The lowest BCUT2D eigenvalue weighted by molar-refractivity contribution is 0.101. The first kappa shape index (κ1) is 14.8. The number of rotatable bonds is 4. The number of benzene rings is 2. The summed E-state index contributed by atoms with van der Waals surface area (Å²) < 4.78 is 0.923. The summed E-state index contributed by atoms with van der Waals surface area (Å²) in [5, 5.41) is 0. The normalized spacial score (nSPS) is 10.4.